The van der Waals surface area contributed by atoms with Gasteiger partial charge < -0.3 is 31.5 Å². The second-order valence-corrected chi connectivity index (χ2v) is 13.5. The number of aliphatic carboxylic acids is 2. The summed E-state index contributed by atoms with van der Waals surface area (Å²) in [6.07, 6.45) is 6.44. The minimum Gasteiger partial charge on any atom is -0.480 e. The lowest BCUT2D eigenvalue weighted by Crippen LogP contribution is -2.56. The highest BCUT2D eigenvalue weighted by atomic mass is 35.5. The fourth-order valence-electron chi connectivity index (χ4n) is 4.84. The average Bonchev–Trinajstić information content (AvgIpc) is 3.01. The van der Waals surface area contributed by atoms with Crippen molar-refractivity contribution in [2.75, 3.05) is 26.2 Å². The summed E-state index contributed by atoms with van der Waals surface area (Å²) in [5, 5.41) is 19.5. The van der Waals surface area contributed by atoms with Crippen LogP contribution in [0.1, 0.15) is 36.8 Å². The summed E-state index contributed by atoms with van der Waals surface area (Å²) in [5.74, 6) is -2.74. The van der Waals surface area contributed by atoms with Gasteiger partial charge >= 0.3 is 11.9 Å². The molecule has 0 saturated carbocycles. The molecule has 0 atom stereocenters. The van der Waals surface area contributed by atoms with Gasteiger partial charge in [0.15, 0.2) is 0 Å². The van der Waals surface area contributed by atoms with Crippen molar-refractivity contribution in [1.29, 1.82) is 0 Å². The van der Waals surface area contributed by atoms with E-state index in [1.807, 2.05) is 0 Å². The average molecular weight is 716 g/mol. The molecule has 0 aliphatic carbocycles. The molecule has 0 aromatic heterocycles. The van der Waals surface area contributed by atoms with Crippen molar-refractivity contribution in [3.05, 3.63) is 67.6 Å². The molecule has 0 unspecified atom stereocenters. The molecule has 2 aromatic carbocycles. The van der Waals surface area contributed by atoms with Crippen LogP contribution in [-0.2, 0) is 19.2 Å². The van der Waals surface area contributed by atoms with Gasteiger partial charge in [0, 0.05) is 48.1 Å². The molecule has 4 rings (SSSR count). The summed E-state index contributed by atoms with van der Waals surface area (Å²) in [4.78, 5) is 52.2. The van der Waals surface area contributed by atoms with Gasteiger partial charge in [0.05, 0.1) is 20.1 Å². The molecule has 2 saturated heterocycles. The van der Waals surface area contributed by atoms with Gasteiger partial charge in [0.25, 0.3) is 0 Å². The number of piperidine rings is 2. The Hall–Kier alpha value is -2.77. The third kappa shape index (κ3) is 7.97. The number of nitrogens with two attached hydrogens (primary N) is 2. The van der Waals surface area contributed by atoms with E-state index >= 15 is 0 Å². The van der Waals surface area contributed by atoms with Crippen molar-refractivity contribution in [3.63, 3.8) is 0 Å². The van der Waals surface area contributed by atoms with Crippen molar-refractivity contribution in [2.24, 2.45) is 11.5 Å². The molecule has 2 aromatic rings. The molecular weight excluding hydrogens is 686 g/mol. The summed E-state index contributed by atoms with van der Waals surface area (Å²) >= 11 is 27.4. The van der Waals surface area contributed by atoms with Crippen LogP contribution in [0.15, 0.2) is 46.2 Å². The Morgan fingerprint density at radius 2 is 0.978 bits per heavy atom. The zero-order valence-electron chi connectivity index (χ0n) is 23.8. The Morgan fingerprint density at radius 1 is 0.644 bits per heavy atom. The fraction of sp³-hybridized carbons (Fsp3) is 0.333. The number of rotatable bonds is 8. The van der Waals surface area contributed by atoms with Crippen LogP contribution in [0.5, 0.6) is 0 Å². The number of benzene rings is 2. The molecule has 2 aliphatic rings. The molecule has 10 nitrogen and oxygen atoms in total. The normalized spacial score (nSPS) is 18.0. The van der Waals surface area contributed by atoms with Gasteiger partial charge in [-0.15, -0.1) is 0 Å². The number of carbonyl (C=O) groups is 4. The number of hydrogen-bond acceptors (Lipinski definition) is 7. The third-order valence-corrected chi connectivity index (χ3v) is 11.1. The predicted molar refractivity (Wildman–Crippen MR) is 176 cm³/mol. The molecule has 0 radical (unpaired) electrons. The monoisotopic (exact) mass is 714 g/mol. The zero-order chi connectivity index (χ0) is 33.1. The second kappa shape index (κ2) is 14.3. The lowest BCUT2D eigenvalue weighted by Gasteiger charge is -2.35. The van der Waals surface area contributed by atoms with E-state index < -0.39 is 23.0 Å². The van der Waals surface area contributed by atoms with Gasteiger partial charge in [0.2, 0.25) is 11.8 Å². The molecule has 0 spiro atoms. The Labute approximate surface area is 283 Å². The Kier molecular flexibility index (Phi) is 11.2. The number of nitrogens with zero attached hydrogens (tertiary/aromatic N) is 2. The molecule has 2 fully saturated rings. The molecule has 45 heavy (non-hydrogen) atoms. The van der Waals surface area contributed by atoms with Gasteiger partial charge in [0.1, 0.15) is 11.1 Å². The molecule has 0 bridgehead atoms. The van der Waals surface area contributed by atoms with E-state index in [1.54, 1.807) is 36.4 Å². The second-order valence-electron chi connectivity index (χ2n) is 10.9. The van der Waals surface area contributed by atoms with Gasteiger partial charge in [-0.2, -0.15) is 0 Å². The first-order valence-corrected chi connectivity index (χ1v) is 16.1. The minimum absolute atomic E-state index is 0.160. The number of carbonyl (C=O) groups excluding carboxylic acids is 2. The number of carboxylic acids is 2. The smallest absolute Gasteiger partial charge is 0.323 e. The lowest BCUT2D eigenvalue weighted by atomic mass is 9.89. The molecule has 2 heterocycles. The van der Waals surface area contributed by atoms with Crippen LogP contribution in [0.25, 0.3) is 12.2 Å². The lowest BCUT2D eigenvalue weighted by molar-refractivity contribution is -0.147. The van der Waals surface area contributed by atoms with Crippen molar-refractivity contribution >= 4 is 94.1 Å². The fourth-order valence-corrected chi connectivity index (χ4v) is 6.88. The molecule has 240 valence electrons. The highest BCUT2D eigenvalue weighted by molar-refractivity contribution is 7.99. The van der Waals surface area contributed by atoms with Gasteiger partial charge in [-0.05, 0) is 61.1 Å². The van der Waals surface area contributed by atoms with Crippen LogP contribution in [0.3, 0.4) is 0 Å². The number of carboxylic acid groups (broad SMARTS) is 2. The minimum atomic E-state index is -1.33. The van der Waals surface area contributed by atoms with Crippen molar-refractivity contribution in [2.45, 2.75) is 46.6 Å². The van der Waals surface area contributed by atoms with Gasteiger partial charge in [-0.1, -0.05) is 70.3 Å². The summed E-state index contributed by atoms with van der Waals surface area (Å²) in [5.41, 5.74) is 10.1. The van der Waals surface area contributed by atoms with E-state index in [0.29, 0.717) is 20.9 Å². The Morgan fingerprint density at radius 3 is 1.29 bits per heavy atom. The first-order valence-electron chi connectivity index (χ1n) is 13.8. The highest BCUT2D eigenvalue weighted by Gasteiger charge is 2.39. The highest BCUT2D eigenvalue weighted by Crippen LogP contribution is 2.44. The third-order valence-electron chi connectivity index (χ3n) is 7.97. The van der Waals surface area contributed by atoms with E-state index in [1.165, 1.54) is 33.7 Å². The van der Waals surface area contributed by atoms with Crippen molar-refractivity contribution in [1.82, 2.24) is 9.80 Å². The summed E-state index contributed by atoms with van der Waals surface area (Å²) < 4.78 is 0. The quantitative estimate of drug-likeness (QED) is 0.266. The SMILES string of the molecule is NC1(C(=O)O)CCN(C(=O)/C=C/c2ccc(Sc3ccc(/C=C/C(=O)N4CCC(N)(C(=O)O)CC4)c(Cl)c3Cl)c(Cl)c2Cl)CC1. The van der Waals surface area contributed by atoms with Crippen LogP contribution < -0.4 is 11.5 Å². The molecule has 6 N–H and O–H groups in total. The van der Waals surface area contributed by atoms with Crippen molar-refractivity contribution < 1.29 is 29.4 Å². The maximum atomic E-state index is 12.7. The van der Waals surface area contributed by atoms with Crippen LogP contribution in [0.4, 0.5) is 0 Å². The maximum Gasteiger partial charge on any atom is 0.323 e. The molecule has 15 heteroatoms. The Bertz CT molecular complexity index is 1470. The number of amides is 2. The Balaban J connectivity index is 1.39. The molecule has 2 aliphatic heterocycles. The zero-order valence-corrected chi connectivity index (χ0v) is 27.6. The van der Waals surface area contributed by atoms with Gasteiger partial charge in [-0.3, -0.25) is 19.2 Å². The molecular formula is C30H30Cl4N4O6S. The van der Waals surface area contributed by atoms with E-state index in [2.05, 4.69) is 0 Å². The van der Waals surface area contributed by atoms with E-state index in [9.17, 15) is 29.4 Å². The van der Waals surface area contributed by atoms with E-state index in [4.69, 9.17) is 57.9 Å². The number of likely N-dealkylation sites (tertiary alicyclic amines) is 2. The topological polar surface area (TPSA) is 167 Å². The first kappa shape index (κ1) is 35.1. The summed E-state index contributed by atoms with van der Waals surface area (Å²) in [7, 11) is 0. The predicted octanol–water partition coefficient (Wildman–Crippen LogP) is 5.29. The van der Waals surface area contributed by atoms with Crippen molar-refractivity contribution in [3.8, 4) is 0 Å². The van der Waals surface area contributed by atoms with Crippen LogP contribution in [-0.4, -0.2) is 81.0 Å². The summed E-state index contributed by atoms with van der Waals surface area (Å²) in [6.45, 7) is 0.915. The van der Waals surface area contributed by atoms with Crippen LogP contribution >= 0.6 is 58.2 Å². The molecule has 2 amide bonds. The maximum absolute atomic E-state index is 12.7. The first-order chi connectivity index (χ1) is 21.1. The summed E-state index contributed by atoms with van der Waals surface area (Å²) in [6, 6.07) is 6.87. The van der Waals surface area contributed by atoms with E-state index in [0.717, 1.165) is 0 Å². The van der Waals surface area contributed by atoms with Crippen LogP contribution in [0.2, 0.25) is 20.1 Å². The number of hydrogen-bond donors (Lipinski definition) is 4. The van der Waals surface area contributed by atoms with E-state index in [-0.39, 0.29) is 83.8 Å². The van der Waals surface area contributed by atoms with Gasteiger partial charge in [-0.25, -0.2) is 0 Å². The number of halogens is 4. The standard InChI is InChI=1S/C30H30Cl4N4O6S/c31-23-17(3-7-21(39)37-13-9-29(35,10-14-37)27(41)42)1-5-19(25(23)33)45-20-6-2-18(24(32)26(20)34)4-8-22(40)38-15-11-30(36,12-16-38)28(43)44/h1-8H,9-16,35-36H2,(H,41,42)(H,43,44)/b7-3+,8-4+. The largest absolute Gasteiger partial charge is 0.480 e. The van der Waals surface area contributed by atoms with Crippen LogP contribution in [0, 0.1) is 0 Å².